The average molecular weight is 224 g/mol. The topological polar surface area (TPSA) is 20.2 Å². The van der Waals surface area contributed by atoms with Crippen LogP contribution in [0.5, 0.6) is 0 Å². The van der Waals surface area contributed by atoms with E-state index < -0.39 is 0 Å². The van der Waals surface area contributed by atoms with E-state index in [1.54, 1.807) is 6.08 Å². The van der Waals surface area contributed by atoms with Crippen molar-refractivity contribution in [3.63, 3.8) is 0 Å². The third-order valence-corrected chi connectivity index (χ3v) is 2.09. The zero-order chi connectivity index (χ0) is 13.0. The van der Waals surface area contributed by atoms with E-state index in [-0.39, 0.29) is 0 Å². The van der Waals surface area contributed by atoms with E-state index in [1.807, 2.05) is 33.8 Å². The van der Waals surface area contributed by atoms with Gasteiger partial charge >= 0.3 is 0 Å². The Morgan fingerprint density at radius 1 is 1.19 bits per heavy atom. The van der Waals surface area contributed by atoms with Crippen molar-refractivity contribution in [2.75, 3.05) is 0 Å². The van der Waals surface area contributed by atoms with Gasteiger partial charge in [0.25, 0.3) is 0 Å². The molecule has 0 fully saturated rings. The number of hydrogen-bond donors (Lipinski definition) is 1. The first-order valence-corrected chi connectivity index (χ1v) is 6.40. The summed E-state index contributed by atoms with van der Waals surface area (Å²) in [5, 5.41) is 9.10. The Kier molecular flexibility index (Phi) is 13.2. The number of aliphatic hydroxyl groups is 1. The van der Waals surface area contributed by atoms with Gasteiger partial charge in [0, 0.05) is 6.42 Å². The summed E-state index contributed by atoms with van der Waals surface area (Å²) in [6.07, 6.45) is 7.82. The van der Waals surface area contributed by atoms with Crippen LogP contribution in [0.1, 0.15) is 60.3 Å². The van der Waals surface area contributed by atoms with Gasteiger partial charge in [0.15, 0.2) is 0 Å². The van der Waals surface area contributed by atoms with Crippen LogP contribution in [0.2, 0.25) is 0 Å². The third kappa shape index (κ3) is 9.57. The van der Waals surface area contributed by atoms with E-state index >= 15 is 0 Å². The molecule has 0 heterocycles. The van der Waals surface area contributed by atoms with Gasteiger partial charge in [-0.25, -0.2) is 0 Å². The minimum atomic E-state index is 0.508. The summed E-state index contributed by atoms with van der Waals surface area (Å²) < 4.78 is 0. The highest BCUT2D eigenvalue weighted by Gasteiger charge is 2.04. The van der Waals surface area contributed by atoms with Crippen molar-refractivity contribution in [1.82, 2.24) is 0 Å². The molecule has 1 N–H and O–H groups in total. The molecule has 0 aromatic heterocycles. The fourth-order valence-electron chi connectivity index (χ4n) is 1.25. The van der Waals surface area contributed by atoms with Crippen LogP contribution < -0.4 is 0 Å². The van der Waals surface area contributed by atoms with Gasteiger partial charge in [-0.15, -0.1) is 6.58 Å². The van der Waals surface area contributed by atoms with Crippen LogP contribution in [-0.2, 0) is 0 Å². The highest BCUT2D eigenvalue weighted by molar-refractivity contribution is 5.20. The summed E-state index contributed by atoms with van der Waals surface area (Å²) in [5.74, 6) is 0.508. The van der Waals surface area contributed by atoms with Crippen molar-refractivity contribution in [2.45, 2.75) is 60.3 Å². The van der Waals surface area contributed by atoms with Crippen LogP contribution in [0.3, 0.4) is 0 Å². The Morgan fingerprint density at radius 2 is 1.75 bits per heavy atom. The lowest BCUT2D eigenvalue weighted by Crippen LogP contribution is -1.93. The molecule has 1 rings (SSSR count). The molecule has 0 saturated carbocycles. The van der Waals surface area contributed by atoms with Crippen molar-refractivity contribution in [3.8, 4) is 0 Å². The fourth-order valence-corrected chi connectivity index (χ4v) is 1.25. The molecule has 1 heteroatoms. The smallest absolute Gasteiger partial charge is 0.0925 e. The summed E-state index contributed by atoms with van der Waals surface area (Å²) >= 11 is 0. The minimum Gasteiger partial charge on any atom is -0.512 e. The molecular weight excluding hydrogens is 196 g/mol. The maximum atomic E-state index is 9.10. The minimum absolute atomic E-state index is 0.508. The first-order chi connectivity index (χ1) is 7.68. The van der Waals surface area contributed by atoms with Gasteiger partial charge in [0.1, 0.15) is 0 Å². The second-order valence-electron chi connectivity index (χ2n) is 3.44. The van der Waals surface area contributed by atoms with Crippen LogP contribution >= 0.6 is 0 Å². The summed E-state index contributed by atoms with van der Waals surface area (Å²) in [4.78, 5) is 0. The van der Waals surface area contributed by atoms with E-state index in [4.69, 9.17) is 5.11 Å². The van der Waals surface area contributed by atoms with Crippen molar-refractivity contribution in [3.05, 3.63) is 35.6 Å². The molecule has 0 amide bonds. The maximum Gasteiger partial charge on any atom is 0.0925 e. The predicted octanol–water partition coefficient (Wildman–Crippen LogP) is 5.56. The molecule has 94 valence electrons. The van der Waals surface area contributed by atoms with E-state index in [1.165, 1.54) is 11.1 Å². The first-order valence-electron chi connectivity index (χ1n) is 6.40. The SMILES string of the molecule is C=C(C)CCC1=CC=C(O)CC1.CC.CC. The van der Waals surface area contributed by atoms with E-state index in [9.17, 15) is 0 Å². The lowest BCUT2D eigenvalue weighted by molar-refractivity contribution is 0.385. The molecule has 1 aliphatic rings. The largest absolute Gasteiger partial charge is 0.512 e. The normalized spacial score (nSPS) is 13.3. The lowest BCUT2D eigenvalue weighted by Gasteiger charge is -2.10. The number of allylic oxidation sites excluding steroid dienone is 5. The van der Waals surface area contributed by atoms with Crippen molar-refractivity contribution in [1.29, 1.82) is 0 Å². The van der Waals surface area contributed by atoms with Crippen LogP contribution in [-0.4, -0.2) is 5.11 Å². The second kappa shape index (κ2) is 12.1. The molecular formula is C15H28O. The van der Waals surface area contributed by atoms with Crippen LogP contribution in [0.4, 0.5) is 0 Å². The van der Waals surface area contributed by atoms with Gasteiger partial charge < -0.3 is 5.11 Å². The highest BCUT2D eigenvalue weighted by atomic mass is 16.3. The summed E-state index contributed by atoms with van der Waals surface area (Å²) in [7, 11) is 0. The van der Waals surface area contributed by atoms with Crippen molar-refractivity contribution < 1.29 is 5.11 Å². The summed E-state index contributed by atoms with van der Waals surface area (Å²) in [5.41, 5.74) is 2.66. The van der Waals surface area contributed by atoms with Gasteiger partial charge in [-0.1, -0.05) is 44.9 Å². The average Bonchev–Trinajstić information content (AvgIpc) is 2.33. The van der Waals surface area contributed by atoms with Crippen molar-refractivity contribution in [2.24, 2.45) is 0 Å². The van der Waals surface area contributed by atoms with Gasteiger partial charge in [-0.05, 0) is 32.3 Å². The number of aliphatic hydroxyl groups excluding tert-OH is 1. The molecule has 0 saturated heterocycles. The molecule has 0 aromatic carbocycles. The van der Waals surface area contributed by atoms with E-state index in [2.05, 4.69) is 13.5 Å². The fraction of sp³-hybridized carbons (Fsp3) is 0.600. The Labute approximate surface area is 102 Å². The molecule has 0 atom stereocenters. The molecule has 16 heavy (non-hydrogen) atoms. The number of rotatable bonds is 3. The highest BCUT2D eigenvalue weighted by Crippen LogP contribution is 2.21. The number of hydrogen-bond acceptors (Lipinski definition) is 1. The van der Waals surface area contributed by atoms with Crippen LogP contribution in [0, 0.1) is 0 Å². The van der Waals surface area contributed by atoms with Crippen molar-refractivity contribution >= 4 is 0 Å². The Bertz CT molecular complexity index is 234. The zero-order valence-electron chi connectivity index (χ0n) is 11.6. The van der Waals surface area contributed by atoms with E-state index in [0.717, 1.165) is 25.7 Å². The van der Waals surface area contributed by atoms with E-state index in [0.29, 0.717) is 5.76 Å². The second-order valence-corrected chi connectivity index (χ2v) is 3.44. The summed E-state index contributed by atoms with van der Waals surface area (Å²) in [6, 6.07) is 0. The lowest BCUT2D eigenvalue weighted by atomic mass is 9.98. The quantitative estimate of drug-likeness (QED) is 0.622. The Balaban J connectivity index is 0. The molecule has 0 aromatic rings. The van der Waals surface area contributed by atoms with Gasteiger partial charge in [0.2, 0.25) is 0 Å². The zero-order valence-corrected chi connectivity index (χ0v) is 11.6. The first kappa shape index (κ1) is 17.4. The summed E-state index contributed by atoms with van der Waals surface area (Å²) in [6.45, 7) is 13.9. The monoisotopic (exact) mass is 224 g/mol. The Hall–Kier alpha value is -0.980. The molecule has 0 radical (unpaired) electrons. The Morgan fingerprint density at radius 3 is 2.12 bits per heavy atom. The van der Waals surface area contributed by atoms with Crippen LogP contribution in [0.25, 0.3) is 0 Å². The van der Waals surface area contributed by atoms with Gasteiger partial charge in [-0.3, -0.25) is 0 Å². The van der Waals surface area contributed by atoms with Gasteiger partial charge in [0.05, 0.1) is 5.76 Å². The maximum absolute atomic E-state index is 9.10. The molecule has 0 unspecified atom stereocenters. The molecule has 0 bridgehead atoms. The molecule has 1 nitrogen and oxygen atoms in total. The third-order valence-electron chi connectivity index (χ3n) is 2.09. The predicted molar refractivity (Wildman–Crippen MR) is 74.8 cm³/mol. The van der Waals surface area contributed by atoms with Crippen LogP contribution in [0.15, 0.2) is 35.6 Å². The van der Waals surface area contributed by atoms with Gasteiger partial charge in [-0.2, -0.15) is 0 Å². The standard InChI is InChI=1S/C11H16O.2C2H6/c1-9(2)3-4-10-5-7-11(12)8-6-10;2*1-2/h5,7,12H,1,3-4,6,8H2,2H3;2*1-2H3. The molecule has 1 aliphatic carbocycles. The molecule has 0 aliphatic heterocycles. The molecule has 0 spiro atoms.